The van der Waals surface area contributed by atoms with Crippen molar-refractivity contribution in [3.8, 4) is 17.2 Å². The molecule has 1 heterocycles. The molecule has 3 amide bonds. The number of hydrogen-bond donors (Lipinski definition) is 2. The fourth-order valence-electron chi connectivity index (χ4n) is 5.39. The summed E-state index contributed by atoms with van der Waals surface area (Å²) in [5.74, 6) is -0.212. The van der Waals surface area contributed by atoms with Gasteiger partial charge in [0.05, 0.1) is 27.2 Å². The van der Waals surface area contributed by atoms with Gasteiger partial charge in [0.25, 0.3) is 11.8 Å². The molecule has 0 radical (unpaired) electrons. The average Bonchev–Trinajstić information content (AvgIpc) is 2.97. The quantitative estimate of drug-likeness (QED) is 0.530. The van der Waals surface area contributed by atoms with Gasteiger partial charge in [-0.15, -0.1) is 0 Å². The van der Waals surface area contributed by atoms with E-state index in [9.17, 15) is 18.8 Å². The number of likely N-dealkylation sites (tertiary alicyclic amines) is 1. The maximum absolute atomic E-state index is 13.4. The molecule has 2 fully saturated rings. The summed E-state index contributed by atoms with van der Waals surface area (Å²) in [4.78, 5) is 41.1. The Morgan fingerprint density at radius 3 is 2.03 bits per heavy atom. The molecule has 10 heteroatoms. The average molecular weight is 542 g/mol. The minimum Gasteiger partial charge on any atom is -0.493 e. The molecule has 2 N–H and O–H groups in total. The summed E-state index contributed by atoms with van der Waals surface area (Å²) in [6.07, 6.45) is 4.76. The van der Waals surface area contributed by atoms with Gasteiger partial charge in [-0.05, 0) is 62.1 Å². The van der Waals surface area contributed by atoms with E-state index in [0.717, 1.165) is 25.7 Å². The molecular formula is C29H36FN3O6. The lowest BCUT2D eigenvalue weighted by Crippen LogP contribution is -2.55. The molecule has 2 aromatic carbocycles. The summed E-state index contributed by atoms with van der Waals surface area (Å²) in [7, 11) is 4.49. The number of carbonyl (C=O) groups is 3. The van der Waals surface area contributed by atoms with Crippen molar-refractivity contribution in [2.45, 2.75) is 50.6 Å². The minimum atomic E-state index is -0.403. The highest BCUT2D eigenvalue weighted by Gasteiger charge is 2.34. The summed E-state index contributed by atoms with van der Waals surface area (Å²) in [6, 6.07) is 8.20. The Balaban J connectivity index is 1.40. The summed E-state index contributed by atoms with van der Waals surface area (Å²) >= 11 is 0. The van der Waals surface area contributed by atoms with Gasteiger partial charge in [-0.2, -0.15) is 0 Å². The van der Waals surface area contributed by atoms with Gasteiger partial charge in [0.1, 0.15) is 5.82 Å². The zero-order chi connectivity index (χ0) is 27.9. The molecule has 1 saturated carbocycles. The Morgan fingerprint density at radius 1 is 0.821 bits per heavy atom. The summed E-state index contributed by atoms with van der Waals surface area (Å²) in [5.41, 5.74) is 0.765. The lowest BCUT2D eigenvalue weighted by Gasteiger charge is -2.36. The molecule has 9 nitrogen and oxygen atoms in total. The van der Waals surface area contributed by atoms with Crippen LogP contribution in [-0.2, 0) is 4.79 Å². The second kappa shape index (κ2) is 12.8. The highest BCUT2D eigenvalue weighted by Crippen LogP contribution is 2.38. The number of benzene rings is 2. The van der Waals surface area contributed by atoms with E-state index in [1.165, 1.54) is 45.6 Å². The monoisotopic (exact) mass is 541 g/mol. The van der Waals surface area contributed by atoms with Gasteiger partial charge in [0.15, 0.2) is 11.5 Å². The van der Waals surface area contributed by atoms with Crippen LogP contribution in [-0.4, -0.2) is 69.1 Å². The zero-order valence-corrected chi connectivity index (χ0v) is 22.6. The Bertz CT molecular complexity index is 1160. The van der Waals surface area contributed by atoms with Gasteiger partial charge < -0.3 is 29.7 Å². The third-order valence-electron chi connectivity index (χ3n) is 7.51. The molecule has 0 unspecified atom stereocenters. The predicted octanol–water partition coefficient (Wildman–Crippen LogP) is 3.56. The van der Waals surface area contributed by atoms with E-state index in [0.29, 0.717) is 54.3 Å². The molecule has 0 bridgehead atoms. The van der Waals surface area contributed by atoms with Crippen LogP contribution >= 0.6 is 0 Å². The number of nitrogens with zero attached hydrogens (tertiary/aromatic N) is 1. The van der Waals surface area contributed by atoms with Crippen LogP contribution in [0.4, 0.5) is 4.39 Å². The summed E-state index contributed by atoms with van der Waals surface area (Å²) in [5, 5.41) is 6.17. The summed E-state index contributed by atoms with van der Waals surface area (Å²) < 4.78 is 29.4. The molecule has 210 valence electrons. The first-order valence-electron chi connectivity index (χ1n) is 13.3. The van der Waals surface area contributed by atoms with E-state index in [2.05, 4.69) is 10.6 Å². The van der Waals surface area contributed by atoms with Crippen LogP contribution in [0.1, 0.15) is 59.2 Å². The first-order chi connectivity index (χ1) is 18.8. The fraction of sp³-hybridized carbons (Fsp3) is 0.483. The van der Waals surface area contributed by atoms with Crippen molar-refractivity contribution in [2.75, 3.05) is 34.4 Å². The van der Waals surface area contributed by atoms with Crippen LogP contribution in [0, 0.1) is 11.7 Å². The smallest absolute Gasteiger partial charge is 0.254 e. The van der Waals surface area contributed by atoms with Crippen molar-refractivity contribution in [3.05, 3.63) is 53.3 Å². The van der Waals surface area contributed by atoms with Gasteiger partial charge in [-0.3, -0.25) is 14.4 Å². The number of hydrogen-bond acceptors (Lipinski definition) is 6. The van der Waals surface area contributed by atoms with Crippen molar-refractivity contribution >= 4 is 17.7 Å². The van der Waals surface area contributed by atoms with Crippen LogP contribution in [0.3, 0.4) is 0 Å². The number of amides is 3. The van der Waals surface area contributed by atoms with Gasteiger partial charge in [-0.1, -0.05) is 12.8 Å². The van der Waals surface area contributed by atoms with E-state index in [1.54, 1.807) is 17.0 Å². The van der Waals surface area contributed by atoms with Gasteiger partial charge in [-0.25, -0.2) is 4.39 Å². The first kappa shape index (κ1) is 28.2. The number of piperidine rings is 1. The van der Waals surface area contributed by atoms with Crippen molar-refractivity contribution in [3.63, 3.8) is 0 Å². The Labute approximate surface area is 228 Å². The Hall–Kier alpha value is -3.82. The van der Waals surface area contributed by atoms with Gasteiger partial charge >= 0.3 is 0 Å². The SMILES string of the molecule is COc1cc(C(=O)N2CCC[C@H](C(=O)N[C@@H]3CCCC[C@H]3NC(=O)c3ccc(F)cc3)C2)cc(OC)c1OC. The zero-order valence-electron chi connectivity index (χ0n) is 22.6. The first-order valence-corrected chi connectivity index (χ1v) is 13.3. The molecule has 4 rings (SSSR count). The molecule has 2 aliphatic rings. The number of ether oxygens (including phenoxy) is 3. The van der Waals surface area contributed by atoms with Gasteiger partial charge in [0, 0.05) is 36.3 Å². The maximum atomic E-state index is 13.4. The number of carbonyl (C=O) groups excluding carboxylic acids is 3. The van der Waals surface area contributed by atoms with Crippen molar-refractivity contribution in [1.29, 1.82) is 0 Å². The normalized spacial score (nSPS) is 21.0. The molecule has 0 aromatic heterocycles. The number of rotatable bonds is 8. The number of methoxy groups -OCH3 is 3. The Kier molecular flexibility index (Phi) is 9.27. The molecule has 39 heavy (non-hydrogen) atoms. The van der Waals surface area contributed by atoms with Crippen LogP contribution in [0.15, 0.2) is 36.4 Å². The lowest BCUT2D eigenvalue weighted by molar-refractivity contribution is -0.127. The number of nitrogens with one attached hydrogen (secondary N) is 2. The minimum absolute atomic E-state index is 0.120. The molecule has 0 spiro atoms. The second-order valence-corrected chi connectivity index (χ2v) is 9.99. The largest absolute Gasteiger partial charge is 0.493 e. The van der Waals surface area contributed by atoms with Crippen LogP contribution in [0.25, 0.3) is 0 Å². The van der Waals surface area contributed by atoms with E-state index < -0.39 is 5.82 Å². The topological polar surface area (TPSA) is 106 Å². The van der Waals surface area contributed by atoms with E-state index in [1.807, 2.05) is 0 Å². The molecule has 1 saturated heterocycles. The fourth-order valence-corrected chi connectivity index (χ4v) is 5.39. The molecule has 3 atom stereocenters. The van der Waals surface area contributed by atoms with E-state index >= 15 is 0 Å². The van der Waals surface area contributed by atoms with Gasteiger partial charge in [0.2, 0.25) is 11.7 Å². The maximum Gasteiger partial charge on any atom is 0.254 e. The van der Waals surface area contributed by atoms with Crippen molar-refractivity contribution in [2.24, 2.45) is 5.92 Å². The molecular weight excluding hydrogens is 505 g/mol. The van der Waals surface area contributed by atoms with Crippen LogP contribution < -0.4 is 24.8 Å². The second-order valence-electron chi connectivity index (χ2n) is 9.99. The highest BCUT2D eigenvalue weighted by atomic mass is 19.1. The van der Waals surface area contributed by atoms with E-state index in [4.69, 9.17) is 14.2 Å². The van der Waals surface area contributed by atoms with Crippen molar-refractivity contribution in [1.82, 2.24) is 15.5 Å². The standard InChI is InChI=1S/C29H36FN3O6/c1-37-24-15-20(16-25(38-2)26(24)39-3)29(36)33-14-6-7-19(17-33)28(35)32-23-9-5-4-8-22(23)31-27(34)18-10-12-21(30)13-11-18/h10-13,15-16,19,22-23H,4-9,14,17H2,1-3H3,(H,31,34)(H,32,35)/t19-,22+,23+/m0/s1. The molecule has 1 aliphatic heterocycles. The lowest BCUT2D eigenvalue weighted by atomic mass is 9.88. The van der Waals surface area contributed by atoms with E-state index in [-0.39, 0.29) is 35.7 Å². The highest BCUT2D eigenvalue weighted by molar-refractivity contribution is 5.96. The van der Waals surface area contributed by atoms with Crippen LogP contribution in [0.5, 0.6) is 17.2 Å². The number of halogens is 1. The molecule has 1 aliphatic carbocycles. The van der Waals surface area contributed by atoms with Crippen LogP contribution in [0.2, 0.25) is 0 Å². The predicted molar refractivity (Wildman–Crippen MR) is 143 cm³/mol. The molecule has 2 aromatic rings. The Morgan fingerprint density at radius 2 is 1.44 bits per heavy atom. The van der Waals surface area contributed by atoms with Crippen molar-refractivity contribution < 1.29 is 33.0 Å². The third kappa shape index (κ3) is 6.61. The third-order valence-corrected chi connectivity index (χ3v) is 7.51. The summed E-state index contributed by atoms with van der Waals surface area (Å²) in [6.45, 7) is 0.833.